The summed E-state index contributed by atoms with van der Waals surface area (Å²) in [5, 5.41) is 12.2. The van der Waals surface area contributed by atoms with E-state index in [0.29, 0.717) is 34.6 Å². The normalized spacial score (nSPS) is 15.3. The van der Waals surface area contributed by atoms with Crippen LogP contribution in [-0.4, -0.2) is 53.6 Å². The molecule has 3 heterocycles. The second kappa shape index (κ2) is 7.49. The minimum absolute atomic E-state index is 0.0664. The number of hydrogen-bond donors (Lipinski definition) is 3. The van der Waals surface area contributed by atoms with Gasteiger partial charge in [0.2, 0.25) is 0 Å². The van der Waals surface area contributed by atoms with E-state index in [2.05, 4.69) is 9.97 Å². The van der Waals surface area contributed by atoms with Gasteiger partial charge in [0.1, 0.15) is 22.9 Å². The summed E-state index contributed by atoms with van der Waals surface area (Å²) >= 11 is 6.26. The number of methoxy groups -OCH3 is 2. The summed E-state index contributed by atoms with van der Waals surface area (Å²) in [7, 11) is 2.87. The molecular weight excluding hydrogens is 434 g/mol. The van der Waals surface area contributed by atoms with Gasteiger partial charge in [-0.25, -0.2) is 4.79 Å². The number of carbonyl (C=O) groups excluding carboxylic acids is 2. The van der Waals surface area contributed by atoms with Gasteiger partial charge in [0, 0.05) is 46.8 Å². The molecule has 0 saturated carbocycles. The van der Waals surface area contributed by atoms with Crippen molar-refractivity contribution in [1.82, 2.24) is 9.97 Å². The van der Waals surface area contributed by atoms with Gasteiger partial charge in [-0.2, -0.15) is 0 Å². The Balaban J connectivity index is 1.61. The van der Waals surface area contributed by atoms with E-state index in [1.807, 2.05) is 18.2 Å². The van der Waals surface area contributed by atoms with Crippen LogP contribution in [0.15, 0.2) is 36.4 Å². The van der Waals surface area contributed by atoms with Crippen molar-refractivity contribution >= 4 is 51.0 Å². The maximum atomic E-state index is 13.5. The highest BCUT2D eigenvalue weighted by molar-refractivity contribution is 6.19. The molecular formula is C23H20ClN3O5. The molecule has 0 saturated heterocycles. The van der Waals surface area contributed by atoms with Crippen molar-refractivity contribution in [3.05, 3.63) is 53.3 Å². The number of fused-ring (bicyclic) bond motifs is 4. The first-order chi connectivity index (χ1) is 15.4. The van der Waals surface area contributed by atoms with E-state index in [-0.39, 0.29) is 29.1 Å². The van der Waals surface area contributed by atoms with Crippen molar-refractivity contribution in [3.63, 3.8) is 0 Å². The summed E-state index contributed by atoms with van der Waals surface area (Å²) in [5.41, 5.74) is 3.20. The molecule has 1 unspecified atom stereocenters. The number of halogens is 1. The van der Waals surface area contributed by atoms with E-state index >= 15 is 0 Å². The van der Waals surface area contributed by atoms with Gasteiger partial charge in [-0.3, -0.25) is 4.79 Å². The third kappa shape index (κ3) is 2.98. The van der Waals surface area contributed by atoms with Gasteiger partial charge in [0.05, 0.1) is 25.4 Å². The number of aromatic amines is 2. The molecule has 1 atom stereocenters. The Morgan fingerprint density at radius 1 is 1.16 bits per heavy atom. The second-order valence-corrected chi connectivity index (χ2v) is 8.00. The predicted molar refractivity (Wildman–Crippen MR) is 121 cm³/mol. The fourth-order valence-electron chi connectivity index (χ4n) is 4.38. The van der Waals surface area contributed by atoms with Crippen molar-refractivity contribution in [2.45, 2.75) is 5.92 Å². The number of carbonyl (C=O) groups is 2. The van der Waals surface area contributed by atoms with Crippen LogP contribution in [0.1, 0.15) is 32.5 Å². The lowest BCUT2D eigenvalue weighted by Crippen LogP contribution is -2.30. The van der Waals surface area contributed by atoms with Crippen LogP contribution >= 0.6 is 11.6 Å². The van der Waals surface area contributed by atoms with Crippen molar-refractivity contribution in [3.8, 4) is 11.5 Å². The number of phenols is 1. The molecule has 3 N–H and O–H groups in total. The highest BCUT2D eigenvalue weighted by Gasteiger charge is 2.36. The molecule has 164 valence electrons. The lowest BCUT2D eigenvalue weighted by Gasteiger charge is -2.17. The van der Waals surface area contributed by atoms with Crippen molar-refractivity contribution in [1.29, 1.82) is 0 Å². The van der Waals surface area contributed by atoms with Gasteiger partial charge >= 0.3 is 5.97 Å². The number of rotatable bonds is 4. The smallest absolute Gasteiger partial charge is 0.354 e. The number of hydrogen-bond acceptors (Lipinski definition) is 5. The lowest BCUT2D eigenvalue weighted by atomic mass is 9.98. The number of aromatic nitrogens is 2. The molecule has 9 heteroatoms. The third-order valence-corrected chi connectivity index (χ3v) is 6.28. The molecule has 1 amide bonds. The number of amides is 1. The SMILES string of the molecule is COC(=O)c1cc2c3c(cc(O)c2[nH]1)N(C(=O)c1cc2ccc(OC)cc2[nH]1)CC3CCl. The van der Waals surface area contributed by atoms with Gasteiger partial charge < -0.3 is 29.4 Å². The number of esters is 1. The minimum atomic E-state index is -0.545. The van der Waals surface area contributed by atoms with Crippen LogP contribution in [0.3, 0.4) is 0 Å². The number of nitrogens with one attached hydrogen (secondary N) is 2. The maximum absolute atomic E-state index is 13.5. The van der Waals surface area contributed by atoms with Crippen molar-refractivity contribution < 1.29 is 24.2 Å². The van der Waals surface area contributed by atoms with Crippen LogP contribution < -0.4 is 9.64 Å². The first kappa shape index (κ1) is 20.3. The van der Waals surface area contributed by atoms with Crippen LogP contribution in [0.2, 0.25) is 0 Å². The predicted octanol–water partition coefficient (Wildman–Crippen LogP) is 4.13. The van der Waals surface area contributed by atoms with E-state index in [1.165, 1.54) is 13.2 Å². The molecule has 0 fully saturated rings. The van der Waals surface area contributed by atoms with Gasteiger partial charge in [-0.15, -0.1) is 11.6 Å². The van der Waals surface area contributed by atoms with Gasteiger partial charge in [-0.05, 0) is 29.8 Å². The molecule has 1 aliphatic heterocycles. The summed E-state index contributed by atoms with van der Waals surface area (Å²) in [6.07, 6.45) is 0. The fourth-order valence-corrected chi connectivity index (χ4v) is 4.63. The van der Waals surface area contributed by atoms with E-state index in [4.69, 9.17) is 21.1 Å². The highest BCUT2D eigenvalue weighted by Crippen LogP contribution is 2.46. The number of ether oxygens (including phenoxy) is 2. The first-order valence-electron chi connectivity index (χ1n) is 9.96. The molecule has 8 nitrogen and oxygen atoms in total. The zero-order valence-corrected chi connectivity index (χ0v) is 18.1. The zero-order valence-electron chi connectivity index (χ0n) is 17.4. The molecule has 5 rings (SSSR count). The molecule has 0 spiro atoms. The quantitative estimate of drug-likeness (QED) is 0.318. The molecule has 32 heavy (non-hydrogen) atoms. The van der Waals surface area contributed by atoms with Gasteiger partial charge in [0.25, 0.3) is 5.91 Å². The van der Waals surface area contributed by atoms with Crippen LogP contribution in [0.4, 0.5) is 5.69 Å². The molecule has 0 radical (unpaired) electrons. The fraction of sp³-hybridized carbons (Fsp3) is 0.217. The number of H-pyrrole nitrogens is 2. The third-order valence-electron chi connectivity index (χ3n) is 5.91. The summed E-state index contributed by atoms with van der Waals surface area (Å²) in [6, 6.07) is 10.5. The van der Waals surface area contributed by atoms with Crippen LogP contribution in [0.5, 0.6) is 11.5 Å². The van der Waals surface area contributed by atoms with E-state index in [0.717, 1.165) is 16.5 Å². The number of phenolic OH excluding ortho intramolecular Hbond substituents is 1. The Morgan fingerprint density at radius 2 is 1.97 bits per heavy atom. The first-order valence-corrected chi connectivity index (χ1v) is 10.5. The number of alkyl halides is 1. The molecule has 2 aromatic heterocycles. The summed E-state index contributed by atoms with van der Waals surface area (Å²) in [6.45, 7) is 0.355. The Morgan fingerprint density at radius 3 is 2.69 bits per heavy atom. The van der Waals surface area contributed by atoms with Crippen molar-refractivity contribution in [2.75, 3.05) is 31.5 Å². The zero-order chi connectivity index (χ0) is 22.6. The van der Waals surface area contributed by atoms with Crippen LogP contribution in [0, 0.1) is 0 Å². The average Bonchev–Trinajstić information content (AvgIpc) is 3.52. The largest absolute Gasteiger partial charge is 0.506 e. The number of nitrogens with zero attached hydrogens (tertiary/aromatic N) is 1. The second-order valence-electron chi connectivity index (χ2n) is 7.69. The van der Waals surface area contributed by atoms with Crippen LogP contribution in [-0.2, 0) is 4.74 Å². The molecule has 0 aliphatic carbocycles. The monoisotopic (exact) mass is 453 g/mol. The molecule has 2 aromatic carbocycles. The van der Waals surface area contributed by atoms with E-state index in [1.54, 1.807) is 24.1 Å². The Hall–Kier alpha value is -3.65. The lowest BCUT2D eigenvalue weighted by molar-refractivity contribution is 0.0595. The average molecular weight is 454 g/mol. The van der Waals surface area contributed by atoms with Crippen LogP contribution in [0.25, 0.3) is 21.8 Å². The highest BCUT2D eigenvalue weighted by atomic mass is 35.5. The minimum Gasteiger partial charge on any atom is -0.506 e. The topological polar surface area (TPSA) is 108 Å². The molecule has 1 aliphatic rings. The number of anilines is 1. The van der Waals surface area contributed by atoms with E-state index < -0.39 is 5.97 Å². The summed E-state index contributed by atoms with van der Waals surface area (Å²) in [5.74, 6) is -0.0481. The molecule has 0 bridgehead atoms. The Kier molecular flexibility index (Phi) is 4.74. The molecule has 4 aromatic rings. The van der Waals surface area contributed by atoms with Gasteiger partial charge in [-0.1, -0.05) is 0 Å². The van der Waals surface area contributed by atoms with E-state index in [9.17, 15) is 14.7 Å². The van der Waals surface area contributed by atoms with Gasteiger partial charge in [0.15, 0.2) is 0 Å². The number of aromatic hydroxyl groups is 1. The number of benzene rings is 2. The summed E-state index contributed by atoms with van der Waals surface area (Å²) < 4.78 is 10.0. The standard InChI is InChI=1S/C23H20ClN3O5/c1-31-13-4-3-11-5-16(25-15(11)6-13)22(29)27-10-12(9-24)20-14-7-17(23(30)32-2)26-21(14)19(28)8-18(20)27/h3-8,12,25-26,28H,9-10H2,1-2H3. The summed E-state index contributed by atoms with van der Waals surface area (Å²) in [4.78, 5) is 33.1. The van der Waals surface area contributed by atoms with Crippen molar-refractivity contribution in [2.24, 2.45) is 0 Å². The maximum Gasteiger partial charge on any atom is 0.354 e. The Bertz CT molecular complexity index is 1390. The Labute approximate surface area is 187 Å².